The molecule has 0 saturated heterocycles. The van der Waals surface area contributed by atoms with E-state index in [1.165, 1.54) is 0 Å². The summed E-state index contributed by atoms with van der Waals surface area (Å²) in [5, 5.41) is 9.51. The van der Waals surface area contributed by atoms with Gasteiger partial charge in [-0.05, 0) is 26.3 Å². The van der Waals surface area contributed by atoms with E-state index in [4.69, 9.17) is 0 Å². The van der Waals surface area contributed by atoms with Gasteiger partial charge in [-0.25, -0.2) is 0 Å². The highest BCUT2D eigenvalue weighted by Crippen LogP contribution is 2.24. The molecule has 0 amide bonds. The highest BCUT2D eigenvalue weighted by molar-refractivity contribution is 5.26. The van der Waals surface area contributed by atoms with Crippen molar-refractivity contribution in [3.63, 3.8) is 0 Å². The van der Waals surface area contributed by atoms with E-state index < -0.39 is 0 Å². The third-order valence-corrected chi connectivity index (χ3v) is 2.11. The minimum absolute atomic E-state index is 0.186. The number of allylic oxidation sites excluding steroid dienone is 1. The smallest absolute Gasteiger partial charge is 0.0674 e. The third kappa shape index (κ3) is 1.99. The predicted molar refractivity (Wildman–Crippen MR) is 50.5 cm³/mol. The van der Waals surface area contributed by atoms with Crippen LogP contribution in [0.3, 0.4) is 0 Å². The van der Waals surface area contributed by atoms with Crippen LogP contribution in [-0.2, 0) is 0 Å². The zero-order chi connectivity index (χ0) is 8.97. The summed E-state index contributed by atoms with van der Waals surface area (Å²) in [5.41, 5.74) is 1.14. The summed E-state index contributed by atoms with van der Waals surface area (Å²) in [6, 6.07) is 0. The Bertz CT molecular complexity index is 262. The molecular weight excluding hydrogens is 148 g/mol. The molecule has 0 aromatic rings. The van der Waals surface area contributed by atoms with Gasteiger partial charge in [0.25, 0.3) is 0 Å². The van der Waals surface area contributed by atoms with Crippen molar-refractivity contribution in [3.8, 4) is 11.8 Å². The number of aliphatic hydroxyl groups is 1. The molecule has 2 atom stereocenters. The van der Waals surface area contributed by atoms with E-state index in [-0.39, 0.29) is 12.0 Å². The first-order valence-electron chi connectivity index (χ1n) is 4.19. The van der Waals surface area contributed by atoms with Crippen molar-refractivity contribution in [1.82, 2.24) is 0 Å². The molecule has 0 spiro atoms. The maximum atomic E-state index is 9.51. The van der Waals surface area contributed by atoms with Crippen molar-refractivity contribution in [2.45, 2.75) is 26.4 Å². The average Bonchev–Trinajstić information content (AvgIpc) is 2.47. The number of aliphatic hydroxyl groups excluding tert-OH is 1. The van der Waals surface area contributed by atoms with E-state index >= 15 is 0 Å². The molecule has 1 rings (SSSR count). The van der Waals surface area contributed by atoms with Gasteiger partial charge in [-0.15, -0.1) is 5.92 Å². The summed E-state index contributed by atoms with van der Waals surface area (Å²) in [7, 11) is 0. The molecule has 0 aromatic heterocycles. The lowest BCUT2D eigenvalue weighted by molar-refractivity contribution is 0.157. The fraction of sp³-hybridized carbons (Fsp3) is 0.455. The van der Waals surface area contributed by atoms with Crippen molar-refractivity contribution >= 4 is 0 Å². The standard InChI is InChI=1S/C11H14O/c1-3-4-6-9(2)10-7-5-8-11(10)12/h5-7,10-12H,8H2,1-2H3/b9-6-. The lowest BCUT2D eigenvalue weighted by Gasteiger charge is -2.13. The summed E-state index contributed by atoms with van der Waals surface area (Å²) in [4.78, 5) is 0. The largest absolute Gasteiger partial charge is 0.392 e. The Kier molecular flexibility index (Phi) is 3.13. The fourth-order valence-electron chi connectivity index (χ4n) is 1.38. The van der Waals surface area contributed by atoms with Crippen LogP contribution in [0.2, 0.25) is 0 Å². The number of hydrogen-bond acceptors (Lipinski definition) is 1. The minimum atomic E-state index is -0.236. The summed E-state index contributed by atoms with van der Waals surface area (Å²) in [6.07, 6.45) is 6.48. The Labute approximate surface area is 73.8 Å². The molecule has 1 heteroatoms. The second-order valence-corrected chi connectivity index (χ2v) is 3.04. The molecule has 1 aliphatic carbocycles. The number of rotatable bonds is 1. The van der Waals surface area contributed by atoms with E-state index in [0.717, 1.165) is 12.0 Å². The quantitative estimate of drug-likeness (QED) is 0.461. The van der Waals surface area contributed by atoms with Crippen molar-refractivity contribution in [3.05, 3.63) is 23.8 Å². The van der Waals surface area contributed by atoms with E-state index in [2.05, 4.69) is 11.8 Å². The summed E-state index contributed by atoms with van der Waals surface area (Å²) in [6.45, 7) is 3.82. The maximum Gasteiger partial charge on any atom is 0.0674 e. The molecule has 64 valence electrons. The molecule has 1 nitrogen and oxygen atoms in total. The maximum absolute atomic E-state index is 9.51. The van der Waals surface area contributed by atoms with Crippen molar-refractivity contribution in [1.29, 1.82) is 0 Å². The lowest BCUT2D eigenvalue weighted by atomic mass is 9.97. The molecule has 0 aromatic carbocycles. The van der Waals surface area contributed by atoms with Gasteiger partial charge in [0.05, 0.1) is 6.10 Å². The molecule has 0 bridgehead atoms. The van der Waals surface area contributed by atoms with Gasteiger partial charge >= 0.3 is 0 Å². The SMILES string of the molecule is CC#C/C=C(/C)C1C=CCC1O. The topological polar surface area (TPSA) is 20.2 Å². The zero-order valence-corrected chi connectivity index (χ0v) is 7.54. The highest BCUT2D eigenvalue weighted by atomic mass is 16.3. The van der Waals surface area contributed by atoms with Gasteiger partial charge in [0, 0.05) is 5.92 Å². The first kappa shape index (κ1) is 9.09. The molecule has 0 radical (unpaired) electrons. The molecule has 0 saturated carbocycles. The van der Waals surface area contributed by atoms with E-state index in [1.807, 2.05) is 32.1 Å². The van der Waals surface area contributed by atoms with Crippen LogP contribution in [0.15, 0.2) is 23.8 Å². The fourth-order valence-corrected chi connectivity index (χ4v) is 1.38. The Morgan fingerprint density at radius 3 is 2.92 bits per heavy atom. The van der Waals surface area contributed by atoms with Crippen LogP contribution in [0.25, 0.3) is 0 Å². The predicted octanol–water partition coefficient (Wildman–Crippen LogP) is 1.89. The minimum Gasteiger partial charge on any atom is -0.392 e. The Morgan fingerprint density at radius 1 is 1.67 bits per heavy atom. The summed E-state index contributed by atoms with van der Waals surface area (Å²) < 4.78 is 0. The molecule has 0 heterocycles. The van der Waals surface area contributed by atoms with Crippen LogP contribution in [0.1, 0.15) is 20.3 Å². The Hall–Kier alpha value is -1.00. The van der Waals surface area contributed by atoms with Crippen LogP contribution in [-0.4, -0.2) is 11.2 Å². The Morgan fingerprint density at radius 2 is 2.42 bits per heavy atom. The molecule has 1 N–H and O–H groups in total. The van der Waals surface area contributed by atoms with Crippen molar-refractivity contribution in [2.24, 2.45) is 5.92 Å². The van der Waals surface area contributed by atoms with Crippen LogP contribution < -0.4 is 0 Å². The van der Waals surface area contributed by atoms with Crippen molar-refractivity contribution < 1.29 is 5.11 Å². The van der Waals surface area contributed by atoms with Crippen LogP contribution in [0.4, 0.5) is 0 Å². The normalized spacial score (nSPS) is 28.4. The van der Waals surface area contributed by atoms with Crippen LogP contribution >= 0.6 is 0 Å². The summed E-state index contributed by atoms with van der Waals surface area (Å²) in [5.74, 6) is 5.88. The molecule has 0 fully saturated rings. The first-order valence-corrected chi connectivity index (χ1v) is 4.19. The van der Waals surface area contributed by atoms with E-state index in [0.29, 0.717) is 0 Å². The molecule has 0 aliphatic heterocycles. The van der Waals surface area contributed by atoms with Gasteiger partial charge in [0.1, 0.15) is 0 Å². The summed E-state index contributed by atoms with van der Waals surface area (Å²) >= 11 is 0. The van der Waals surface area contributed by atoms with Gasteiger partial charge in [-0.1, -0.05) is 23.6 Å². The second kappa shape index (κ2) is 4.13. The van der Waals surface area contributed by atoms with Crippen LogP contribution in [0, 0.1) is 17.8 Å². The Balaban J connectivity index is 2.67. The highest BCUT2D eigenvalue weighted by Gasteiger charge is 2.20. The second-order valence-electron chi connectivity index (χ2n) is 3.04. The average molecular weight is 162 g/mol. The zero-order valence-electron chi connectivity index (χ0n) is 7.54. The van der Waals surface area contributed by atoms with E-state index in [1.54, 1.807) is 0 Å². The van der Waals surface area contributed by atoms with Gasteiger partial charge in [-0.3, -0.25) is 0 Å². The van der Waals surface area contributed by atoms with Gasteiger partial charge in [-0.2, -0.15) is 0 Å². The van der Waals surface area contributed by atoms with Gasteiger partial charge < -0.3 is 5.11 Å². The van der Waals surface area contributed by atoms with Crippen molar-refractivity contribution in [2.75, 3.05) is 0 Å². The molecular formula is C11H14O. The number of hydrogen-bond donors (Lipinski definition) is 1. The molecule has 1 aliphatic rings. The first-order chi connectivity index (χ1) is 5.75. The van der Waals surface area contributed by atoms with Crippen LogP contribution in [0.5, 0.6) is 0 Å². The lowest BCUT2D eigenvalue weighted by Crippen LogP contribution is -2.14. The monoisotopic (exact) mass is 162 g/mol. The third-order valence-electron chi connectivity index (χ3n) is 2.11. The molecule has 2 unspecified atom stereocenters. The van der Waals surface area contributed by atoms with Gasteiger partial charge in [0.2, 0.25) is 0 Å². The molecule has 12 heavy (non-hydrogen) atoms. The van der Waals surface area contributed by atoms with Gasteiger partial charge in [0.15, 0.2) is 0 Å². The van der Waals surface area contributed by atoms with E-state index in [9.17, 15) is 5.11 Å².